The lowest BCUT2D eigenvalue weighted by atomic mass is 10.1. The number of thiophene rings is 1. The summed E-state index contributed by atoms with van der Waals surface area (Å²) in [5.74, 6) is -0.282. The van der Waals surface area contributed by atoms with Gasteiger partial charge in [-0.3, -0.25) is 4.90 Å². The van der Waals surface area contributed by atoms with Crippen molar-refractivity contribution in [1.29, 1.82) is 0 Å². The third kappa shape index (κ3) is 4.03. The third-order valence-corrected chi connectivity index (χ3v) is 6.99. The van der Waals surface area contributed by atoms with E-state index in [-0.39, 0.29) is 11.9 Å². The van der Waals surface area contributed by atoms with E-state index < -0.39 is 0 Å². The number of rotatable bonds is 6. The molecular formula is C22H23FN4S2. The summed E-state index contributed by atoms with van der Waals surface area (Å²) in [6.45, 7) is 7.06. The number of hydrogen-bond acceptors (Lipinski definition) is 5. The van der Waals surface area contributed by atoms with Crippen LogP contribution >= 0.6 is 22.7 Å². The fraction of sp³-hybridized carbons (Fsp3) is 0.273. The van der Waals surface area contributed by atoms with Crippen LogP contribution in [-0.2, 0) is 6.54 Å². The van der Waals surface area contributed by atoms with Gasteiger partial charge in [0.2, 0.25) is 0 Å². The molecule has 4 nitrogen and oxygen atoms in total. The molecule has 4 aromatic rings. The molecule has 3 aromatic heterocycles. The van der Waals surface area contributed by atoms with Gasteiger partial charge in [0.15, 0.2) is 0 Å². The van der Waals surface area contributed by atoms with Crippen LogP contribution in [-0.4, -0.2) is 26.7 Å². The predicted octanol–water partition coefficient (Wildman–Crippen LogP) is 6.01. The Labute approximate surface area is 178 Å². The van der Waals surface area contributed by atoms with Gasteiger partial charge in [0.05, 0.1) is 11.7 Å². The Balaban J connectivity index is 1.75. The molecule has 0 spiro atoms. The molecule has 29 heavy (non-hydrogen) atoms. The summed E-state index contributed by atoms with van der Waals surface area (Å²) in [6, 6.07) is 9.10. The van der Waals surface area contributed by atoms with Crippen LogP contribution in [0.4, 0.5) is 4.39 Å². The molecule has 1 aromatic carbocycles. The molecule has 3 heterocycles. The van der Waals surface area contributed by atoms with Crippen LogP contribution in [0.3, 0.4) is 0 Å². The zero-order valence-electron chi connectivity index (χ0n) is 16.9. The first-order chi connectivity index (χ1) is 13.9. The van der Waals surface area contributed by atoms with E-state index in [0.29, 0.717) is 12.2 Å². The van der Waals surface area contributed by atoms with Gasteiger partial charge in [-0.1, -0.05) is 12.1 Å². The second kappa shape index (κ2) is 8.18. The minimum Gasteiger partial charge on any atom is -0.293 e. The van der Waals surface area contributed by atoms with Crippen molar-refractivity contribution in [2.24, 2.45) is 0 Å². The van der Waals surface area contributed by atoms with Crippen LogP contribution in [0.25, 0.3) is 16.9 Å². The van der Waals surface area contributed by atoms with Crippen molar-refractivity contribution >= 4 is 22.7 Å². The number of thiazole rings is 1. The molecule has 0 unspecified atom stereocenters. The van der Waals surface area contributed by atoms with Crippen LogP contribution in [0.1, 0.15) is 33.3 Å². The first-order valence-corrected chi connectivity index (χ1v) is 11.1. The highest BCUT2D eigenvalue weighted by atomic mass is 32.1. The number of para-hydroxylation sites is 1. The van der Waals surface area contributed by atoms with Gasteiger partial charge in [-0.25, -0.2) is 14.1 Å². The van der Waals surface area contributed by atoms with Gasteiger partial charge in [-0.05, 0) is 46.0 Å². The van der Waals surface area contributed by atoms with Crippen LogP contribution in [0, 0.1) is 19.7 Å². The second-order valence-corrected chi connectivity index (χ2v) is 9.57. The molecule has 0 amide bonds. The molecule has 0 aliphatic heterocycles. The number of aryl methyl sites for hydroxylation is 2. The minimum atomic E-state index is -0.282. The second-order valence-electron chi connectivity index (χ2n) is 7.19. The molecular weight excluding hydrogens is 403 g/mol. The zero-order chi connectivity index (χ0) is 20.5. The van der Waals surface area contributed by atoms with E-state index in [0.717, 1.165) is 21.8 Å². The zero-order valence-corrected chi connectivity index (χ0v) is 18.5. The van der Waals surface area contributed by atoms with Gasteiger partial charge in [0.25, 0.3) is 0 Å². The lowest BCUT2D eigenvalue weighted by molar-refractivity contribution is 0.253. The van der Waals surface area contributed by atoms with E-state index in [1.165, 1.54) is 15.8 Å². The van der Waals surface area contributed by atoms with Gasteiger partial charge in [-0.15, -0.1) is 22.7 Å². The third-order valence-electron chi connectivity index (χ3n) is 5.08. The Bertz CT molecular complexity index is 1110. The molecule has 7 heteroatoms. The Kier molecular flexibility index (Phi) is 5.63. The average molecular weight is 427 g/mol. The normalized spacial score (nSPS) is 12.6. The summed E-state index contributed by atoms with van der Waals surface area (Å²) >= 11 is 3.42. The first-order valence-electron chi connectivity index (χ1n) is 9.44. The van der Waals surface area contributed by atoms with Crippen molar-refractivity contribution in [2.75, 3.05) is 7.05 Å². The van der Waals surface area contributed by atoms with Crippen molar-refractivity contribution in [1.82, 2.24) is 19.7 Å². The molecule has 0 aliphatic carbocycles. The van der Waals surface area contributed by atoms with Crippen LogP contribution in [0.15, 0.2) is 48.1 Å². The quantitative estimate of drug-likeness (QED) is 0.379. The van der Waals surface area contributed by atoms with Crippen LogP contribution < -0.4 is 0 Å². The SMILES string of the molecule is Cc1cc(-c2nn(-c3ccccc3F)cc2CN(C)[C@@H](C)c2nccs2)c(C)s1. The van der Waals surface area contributed by atoms with Crippen molar-refractivity contribution in [2.45, 2.75) is 33.4 Å². The lowest BCUT2D eigenvalue weighted by Crippen LogP contribution is -2.21. The molecule has 0 bridgehead atoms. The van der Waals surface area contributed by atoms with Crippen molar-refractivity contribution in [3.63, 3.8) is 0 Å². The van der Waals surface area contributed by atoms with E-state index in [2.05, 4.69) is 43.8 Å². The largest absolute Gasteiger partial charge is 0.293 e. The fourth-order valence-electron chi connectivity index (χ4n) is 3.41. The van der Waals surface area contributed by atoms with E-state index in [9.17, 15) is 4.39 Å². The standard InChI is InChI=1S/C22H23FN4S2/c1-14-11-18(16(3)29-14)21-17(12-26(4)15(2)22-24-9-10-28-22)13-27(25-21)20-8-6-5-7-19(20)23/h5-11,13,15H,12H2,1-4H3/t15-/m0/s1. The highest BCUT2D eigenvalue weighted by Crippen LogP contribution is 2.34. The molecule has 0 radical (unpaired) electrons. The van der Waals surface area contributed by atoms with Crippen molar-refractivity contribution in [3.8, 4) is 16.9 Å². The Hall–Kier alpha value is -2.35. The van der Waals surface area contributed by atoms with Crippen molar-refractivity contribution < 1.29 is 4.39 Å². The molecule has 4 rings (SSSR count). The monoisotopic (exact) mass is 426 g/mol. The van der Waals surface area contributed by atoms with E-state index >= 15 is 0 Å². The molecule has 0 saturated heterocycles. The first kappa shape index (κ1) is 19.9. The maximum Gasteiger partial charge on any atom is 0.148 e. The number of nitrogens with zero attached hydrogens (tertiary/aromatic N) is 4. The van der Waals surface area contributed by atoms with Crippen molar-refractivity contribution in [3.05, 3.63) is 74.2 Å². The number of benzene rings is 1. The summed E-state index contributed by atoms with van der Waals surface area (Å²) in [7, 11) is 2.09. The maximum absolute atomic E-state index is 14.4. The molecule has 0 N–H and O–H groups in total. The molecule has 0 saturated carbocycles. The highest BCUT2D eigenvalue weighted by Gasteiger charge is 2.21. The Morgan fingerprint density at radius 1 is 1.24 bits per heavy atom. The smallest absolute Gasteiger partial charge is 0.148 e. The average Bonchev–Trinajstić information content (AvgIpc) is 3.42. The van der Waals surface area contributed by atoms with E-state index in [1.807, 2.05) is 23.8 Å². The topological polar surface area (TPSA) is 34.0 Å². The summed E-state index contributed by atoms with van der Waals surface area (Å²) in [6.07, 6.45) is 3.79. The van der Waals surface area contributed by atoms with E-state index in [1.54, 1.807) is 39.5 Å². The van der Waals surface area contributed by atoms with Gasteiger partial charge in [0.1, 0.15) is 16.5 Å². The predicted molar refractivity (Wildman–Crippen MR) is 118 cm³/mol. The molecule has 0 aliphatic rings. The van der Waals surface area contributed by atoms with Crippen LogP contribution in [0.5, 0.6) is 0 Å². The van der Waals surface area contributed by atoms with Crippen LogP contribution in [0.2, 0.25) is 0 Å². The van der Waals surface area contributed by atoms with Gasteiger partial charge < -0.3 is 0 Å². The number of aromatic nitrogens is 3. The van der Waals surface area contributed by atoms with Gasteiger partial charge in [0, 0.05) is 45.2 Å². The lowest BCUT2D eigenvalue weighted by Gasteiger charge is -2.22. The van der Waals surface area contributed by atoms with Gasteiger partial charge in [-0.2, -0.15) is 5.10 Å². The van der Waals surface area contributed by atoms with Gasteiger partial charge >= 0.3 is 0 Å². The summed E-state index contributed by atoms with van der Waals surface area (Å²) in [4.78, 5) is 9.16. The molecule has 0 fully saturated rings. The Morgan fingerprint density at radius 3 is 2.69 bits per heavy atom. The molecule has 1 atom stereocenters. The number of halogens is 1. The fourth-order valence-corrected chi connectivity index (χ4v) is 5.10. The summed E-state index contributed by atoms with van der Waals surface area (Å²) < 4.78 is 16.1. The van der Waals surface area contributed by atoms with E-state index in [4.69, 9.17) is 5.10 Å². The highest BCUT2D eigenvalue weighted by molar-refractivity contribution is 7.12. The number of hydrogen-bond donors (Lipinski definition) is 0. The minimum absolute atomic E-state index is 0.185. The summed E-state index contributed by atoms with van der Waals surface area (Å²) in [5, 5.41) is 7.88. The Morgan fingerprint density at radius 2 is 2.03 bits per heavy atom. The molecule has 150 valence electrons. The summed E-state index contributed by atoms with van der Waals surface area (Å²) in [5.41, 5.74) is 3.56. The maximum atomic E-state index is 14.4.